The third-order valence-corrected chi connectivity index (χ3v) is 7.25. The summed E-state index contributed by atoms with van der Waals surface area (Å²) >= 11 is 1.46. The molecule has 1 amide bonds. The van der Waals surface area contributed by atoms with E-state index in [4.69, 9.17) is 0 Å². The molecule has 1 atom stereocenters. The lowest BCUT2D eigenvalue weighted by molar-refractivity contribution is -0.122. The Morgan fingerprint density at radius 1 is 1.28 bits per heavy atom. The fraction of sp³-hybridized carbons (Fsp3) is 0.529. The van der Waals surface area contributed by atoms with E-state index in [1.54, 1.807) is 0 Å². The van der Waals surface area contributed by atoms with E-state index in [0.29, 0.717) is 17.8 Å². The Bertz CT molecular complexity index is 1000. The minimum absolute atomic E-state index is 0.373. The van der Waals surface area contributed by atoms with Gasteiger partial charge in [0.25, 0.3) is 5.91 Å². The summed E-state index contributed by atoms with van der Waals surface area (Å²) < 4.78 is 28.2. The summed E-state index contributed by atoms with van der Waals surface area (Å²) in [7, 11) is -1.51. The molecule has 2 aromatic rings. The molecule has 1 aromatic heterocycles. The SMILES string of the molecule is Cc1ccc2sc(=NC(=O)C3CCCCN3S(C)(=O)=O)n(C)c2c1C. The largest absolute Gasteiger partial charge is 0.319 e. The highest BCUT2D eigenvalue weighted by Crippen LogP contribution is 2.24. The first-order valence-corrected chi connectivity index (χ1v) is 11.0. The molecule has 0 saturated carbocycles. The van der Waals surface area contributed by atoms with Gasteiger partial charge in [-0.3, -0.25) is 4.79 Å². The van der Waals surface area contributed by atoms with Crippen molar-refractivity contribution in [2.24, 2.45) is 12.0 Å². The molecule has 1 unspecified atom stereocenters. The molecule has 2 heterocycles. The number of aromatic nitrogens is 1. The first kappa shape index (κ1) is 18.3. The molecule has 1 aliphatic rings. The van der Waals surface area contributed by atoms with Crippen LogP contribution >= 0.6 is 11.3 Å². The summed E-state index contributed by atoms with van der Waals surface area (Å²) in [4.78, 5) is 17.6. The molecule has 0 aliphatic carbocycles. The van der Waals surface area contributed by atoms with Gasteiger partial charge in [-0.25, -0.2) is 8.42 Å². The monoisotopic (exact) mass is 381 g/mol. The van der Waals surface area contributed by atoms with E-state index in [2.05, 4.69) is 24.9 Å². The number of fused-ring (bicyclic) bond motifs is 1. The van der Waals surface area contributed by atoms with Crippen molar-refractivity contribution in [2.75, 3.05) is 12.8 Å². The highest BCUT2D eigenvalue weighted by Gasteiger charge is 2.34. The van der Waals surface area contributed by atoms with Gasteiger partial charge in [-0.1, -0.05) is 23.8 Å². The zero-order valence-electron chi connectivity index (χ0n) is 14.9. The van der Waals surface area contributed by atoms with Gasteiger partial charge in [0.05, 0.1) is 16.5 Å². The number of hydrogen-bond donors (Lipinski definition) is 0. The molecule has 1 aliphatic heterocycles. The number of sulfonamides is 1. The zero-order chi connectivity index (χ0) is 18.4. The summed E-state index contributed by atoms with van der Waals surface area (Å²) in [5.41, 5.74) is 3.43. The molecular weight excluding hydrogens is 358 g/mol. The number of hydrogen-bond acceptors (Lipinski definition) is 4. The van der Waals surface area contributed by atoms with Gasteiger partial charge in [0.1, 0.15) is 6.04 Å². The number of nitrogens with zero attached hydrogens (tertiary/aromatic N) is 3. The fourth-order valence-electron chi connectivity index (χ4n) is 3.35. The van der Waals surface area contributed by atoms with Gasteiger partial charge >= 0.3 is 0 Å². The summed E-state index contributed by atoms with van der Waals surface area (Å²) in [6, 6.07) is 3.42. The molecule has 8 heteroatoms. The third kappa shape index (κ3) is 3.43. The Balaban J connectivity index is 2.05. The number of carbonyl (C=O) groups is 1. The van der Waals surface area contributed by atoms with E-state index < -0.39 is 16.1 Å². The molecule has 0 radical (unpaired) electrons. The van der Waals surface area contributed by atoms with Gasteiger partial charge in [0.15, 0.2) is 4.80 Å². The molecule has 6 nitrogen and oxygen atoms in total. The van der Waals surface area contributed by atoms with Crippen LogP contribution in [0.5, 0.6) is 0 Å². The fourth-order valence-corrected chi connectivity index (χ4v) is 5.56. The predicted octanol–water partition coefficient (Wildman–Crippen LogP) is 2.10. The van der Waals surface area contributed by atoms with Crippen LogP contribution in [0.1, 0.15) is 30.4 Å². The normalized spacial score (nSPS) is 20.3. The van der Waals surface area contributed by atoms with Crippen molar-refractivity contribution in [3.05, 3.63) is 28.1 Å². The maximum atomic E-state index is 12.7. The Labute approximate surface area is 151 Å². The average Bonchev–Trinajstić information content (AvgIpc) is 2.87. The maximum absolute atomic E-state index is 12.7. The van der Waals surface area contributed by atoms with Gasteiger partial charge < -0.3 is 4.57 Å². The Kier molecular flexibility index (Phi) is 4.87. The van der Waals surface area contributed by atoms with Crippen molar-refractivity contribution in [2.45, 2.75) is 39.2 Å². The number of benzene rings is 1. The first-order chi connectivity index (χ1) is 11.7. The summed E-state index contributed by atoms with van der Waals surface area (Å²) in [5, 5.41) is 0. The molecular formula is C17H23N3O3S2. The standard InChI is InChI=1S/C17H23N3O3S2/c1-11-8-9-14-15(12(11)2)19(3)17(24-14)18-16(21)13-7-5-6-10-20(13)25(4,22)23/h8-9,13H,5-7,10H2,1-4H3. The summed E-state index contributed by atoms with van der Waals surface area (Å²) in [6.45, 7) is 4.50. The van der Waals surface area contributed by atoms with Gasteiger partial charge in [-0.2, -0.15) is 9.30 Å². The number of amides is 1. The molecule has 136 valence electrons. The lowest BCUT2D eigenvalue weighted by Gasteiger charge is -2.31. The molecule has 1 aromatic carbocycles. The average molecular weight is 382 g/mol. The van der Waals surface area contributed by atoms with Gasteiger partial charge in [-0.05, 0) is 43.9 Å². The smallest absolute Gasteiger partial charge is 0.266 e. The lowest BCUT2D eigenvalue weighted by Crippen LogP contribution is -2.47. The lowest BCUT2D eigenvalue weighted by atomic mass is 10.0. The van der Waals surface area contributed by atoms with Crippen LogP contribution in [0.2, 0.25) is 0 Å². The van der Waals surface area contributed by atoms with Crippen molar-refractivity contribution in [3.8, 4) is 0 Å². The van der Waals surface area contributed by atoms with Gasteiger partial charge in [-0.15, -0.1) is 0 Å². The van der Waals surface area contributed by atoms with E-state index in [0.717, 1.165) is 29.3 Å². The van der Waals surface area contributed by atoms with Crippen molar-refractivity contribution >= 4 is 37.5 Å². The first-order valence-electron chi connectivity index (χ1n) is 8.31. The second-order valence-corrected chi connectivity index (χ2v) is 9.58. The highest BCUT2D eigenvalue weighted by molar-refractivity contribution is 7.88. The molecule has 25 heavy (non-hydrogen) atoms. The van der Waals surface area contributed by atoms with E-state index >= 15 is 0 Å². The van der Waals surface area contributed by atoms with E-state index in [9.17, 15) is 13.2 Å². The second-order valence-electron chi connectivity index (χ2n) is 6.63. The minimum atomic E-state index is -3.41. The molecule has 3 rings (SSSR count). The van der Waals surface area contributed by atoms with Crippen LogP contribution in [-0.2, 0) is 21.9 Å². The van der Waals surface area contributed by atoms with Crippen molar-refractivity contribution in [1.29, 1.82) is 0 Å². The highest BCUT2D eigenvalue weighted by atomic mass is 32.2. The van der Waals surface area contributed by atoms with Crippen molar-refractivity contribution < 1.29 is 13.2 Å². The van der Waals surface area contributed by atoms with E-state index in [1.807, 2.05) is 17.7 Å². The third-order valence-electron chi connectivity index (χ3n) is 4.86. The summed E-state index contributed by atoms with van der Waals surface area (Å²) in [6.07, 6.45) is 3.31. The molecule has 0 N–H and O–H groups in total. The molecule has 0 bridgehead atoms. The minimum Gasteiger partial charge on any atom is -0.319 e. The van der Waals surface area contributed by atoms with Crippen LogP contribution in [0, 0.1) is 13.8 Å². The number of rotatable bonds is 2. The maximum Gasteiger partial charge on any atom is 0.266 e. The number of aryl methyl sites for hydroxylation is 3. The number of piperidine rings is 1. The Morgan fingerprint density at radius 2 is 2.00 bits per heavy atom. The quantitative estimate of drug-likeness (QED) is 0.800. The van der Waals surface area contributed by atoms with Crippen molar-refractivity contribution in [1.82, 2.24) is 8.87 Å². The molecule has 0 spiro atoms. The van der Waals surface area contributed by atoms with Gasteiger partial charge in [0.2, 0.25) is 10.0 Å². The molecule has 1 fully saturated rings. The summed E-state index contributed by atoms with van der Waals surface area (Å²) in [5.74, 6) is -0.373. The van der Waals surface area contributed by atoms with Crippen molar-refractivity contribution in [3.63, 3.8) is 0 Å². The van der Waals surface area contributed by atoms with Crippen LogP contribution in [0.25, 0.3) is 10.2 Å². The van der Waals surface area contributed by atoms with Crippen LogP contribution in [0.4, 0.5) is 0 Å². The van der Waals surface area contributed by atoms with Gasteiger partial charge in [0, 0.05) is 13.6 Å². The van der Waals surface area contributed by atoms with E-state index in [1.165, 1.54) is 26.8 Å². The van der Waals surface area contributed by atoms with Crippen LogP contribution in [0.3, 0.4) is 0 Å². The zero-order valence-corrected chi connectivity index (χ0v) is 16.6. The van der Waals surface area contributed by atoms with Crippen LogP contribution < -0.4 is 4.80 Å². The van der Waals surface area contributed by atoms with E-state index in [-0.39, 0.29) is 5.91 Å². The molecule has 1 saturated heterocycles. The second kappa shape index (κ2) is 6.66. The number of thiazole rings is 1. The number of carbonyl (C=O) groups excluding carboxylic acids is 1. The Morgan fingerprint density at radius 3 is 2.68 bits per heavy atom. The van der Waals surface area contributed by atoms with Crippen LogP contribution in [-0.4, -0.2) is 42.0 Å². The van der Waals surface area contributed by atoms with Crippen LogP contribution in [0.15, 0.2) is 17.1 Å². The Hall–Kier alpha value is -1.51. The predicted molar refractivity (Wildman–Crippen MR) is 100 cm³/mol. The topological polar surface area (TPSA) is 71.7 Å².